The SMILES string of the molecule is OCc1ccccc1Oc1ccc(Cl)cn1. The van der Waals surface area contributed by atoms with E-state index in [9.17, 15) is 0 Å². The molecule has 0 amide bonds. The van der Waals surface area contributed by atoms with E-state index >= 15 is 0 Å². The van der Waals surface area contributed by atoms with Crippen LogP contribution in [0.15, 0.2) is 42.6 Å². The first-order chi connectivity index (χ1) is 7.79. The van der Waals surface area contributed by atoms with Crippen molar-refractivity contribution >= 4 is 11.6 Å². The van der Waals surface area contributed by atoms with Crippen molar-refractivity contribution in [1.82, 2.24) is 4.98 Å². The molecule has 2 aromatic rings. The van der Waals surface area contributed by atoms with E-state index < -0.39 is 0 Å². The fraction of sp³-hybridized carbons (Fsp3) is 0.0833. The maximum absolute atomic E-state index is 9.12. The van der Waals surface area contributed by atoms with Crippen LogP contribution in [0.5, 0.6) is 11.6 Å². The Labute approximate surface area is 98.3 Å². The summed E-state index contributed by atoms with van der Waals surface area (Å²) >= 11 is 5.72. The van der Waals surface area contributed by atoms with Gasteiger partial charge in [0, 0.05) is 17.8 Å². The monoisotopic (exact) mass is 235 g/mol. The number of hydrogen-bond acceptors (Lipinski definition) is 3. The molecule has 1 N–H and O–H groups in total. The summed E-state index contributed by atoms with van der Waals surface area (Å²) in [7, 11) is 0. The maximum atomic E-state index is 9.12. The Morgan fingerprint density at radius 3 is 2.69 bits per heavy atom. The Morgan fingerprint density at radius 2 is 2.00 bits per heavy atom. The van der Waals surface area contributed by atoms with Gasteiger partial charge >= 0.3 is 0 Å². The molecule has 1 aromatic heterocycles. The van der Waals surface area contributed by atoms with E-state index in [4.69, 9.17) is 21.4 Å². The second-order valence-corrected chi connectivity index (χ2v) is 3.62. The lowest BCUT2D eigenvalue weighted by Crippen LogP contribution is -1.92. The molecule has 3 nitrogen and oxygen atoms in total. The molecule has 0 bridgehead atoms. The lowest BCUT2D eigenvalue weighted by molar-refractivity contribution is 0.276. The highest BCUT2D eigenvalue weighted by molar-refractivity contribution is 6.30. The van der Waals surface area contributed by atoms with Gasteiger partial charge in [0.25, 0.3) is 0 Å². The third-order valence-electron chi connectivity index (χ3n) is 2.06. The molecule has 0 aliphatic rings. The average molecular weight is 236 g/mol. The van der Waals surface area contributed by atoms with Gasteiger partial charge in [-0.3, -0.25) is 0 Å². The molecule has 0 aliphatic heterocycles. The number of nitrogens with zero attached hydrogens (tertiary/aromatic N) is 1. The number of ether oxygens (including phenoxy) is 1. The van der Waals surface area contributed by atoms with Gasteiger partial charge in [-0.1, -0.05) is 29.8 Å². The van der Waals surface area contributed by atoms with E-state index in [1.165, 1.54) is 6.20 Å². The number of aromatic nitrogens is 1. The Balaban J connectivity index is 2.23. The summed E-state index contributed by atoms with van der Waals surface area (Å²) in [5.41, 5.74) is 0.722. The van der Waals surface area contributed by atoms with Crippen molar-refractivity contribution in [2.75, 3.05) is 0 Å². The Bertz CT molecular complexity index is 471. The van der Waals surface area contributed by atoms with Crippen molar-refractivity contribution < 1.29 is 9.84 Å². The molecule has 82 valence electrons. The summed E-state index contributed by atoms with van der Waals surface area (Å²) in [6.45, 7) is -0.0657. The Kier molecular flexibility index (Phi) is 3.39. The highest BCUT2D eigenvalue weighted by Crippen LogP contribution is 2.24. The first kappa shape index (κ1) is 10.9. The molecule has 1 heterocycles. The second kappa shape index (κ2) is 4.96. The number of para-hydroxylation sites is 1. The molecule has 0 unspecified atom stereocenters. The minimum absolute atomic E-state index is 0.0657. The van der Waals surface area contributed by atoms with Crippen LogP contribution in [0.3, 0.4) is 0 Å². The fourth-order valence-electron chi connectivity index (χ4n) is 1.27. The number of rotatable bonds is 3. The van der Waals surface area contributed by atoms with Crippen molar-refractivity contribution in [3.8, 4) is 11.6 Å². The van der Waals surface area contributed by atoms with E-state index in [1.54, 1.807) is 24.3 Å². The van der Waals surface area contributed by atoms with Crippen LogP contribution in [0, 0.1) is 0 Å². The highest BCUT2D eigenvalue weighted by atomic mass is 35.5. The van der Waals surface area contributed by atoms with Gasteiger partial charge in [0.2, 0.25) is 5.88 Å². The van der Waals surface area contributed by atoms with Crippen LogP contribution in [-0.2, 0) is 6.61 Å². The number of halogens is 1. The maximum Gasteiger partial charge on any atom is 0.219 e. The summed E-state index contributed by atoms with van der Waals surface area (Å²) in [4.78, 5) is 4.01. The van der Waals surface area contributed by atoms with Gasteiger partial charge in [-0.2, -0.15) is 0 Å². The largest absolute Gasteiger partial charge is 0.439 e. The van der Waals surface area contributed by atoms with Crippen LogP contribution < -0.4 is 4.74 Å². The third kappa shape index (κ3) is 2.51. The van der Waals surface area contributed by atoms with E-state index in [-0.39, 0.29) is 6.61 Å². The molecule has 0 saturated heterocycles. The van der Waals surface area contributed by atoms with E-state index in [1.807, 2.05) is 12.1 Å². The molecule has 16 heavy (non-hydrogen) atoms. The van der Waals surface area contributed by atoms with Crippen LogP contribution in [0.1, 0.15) is 5.56 Å². The van der Waals surface area contributed by atoms with Gasteiger partial charge in [-0.05, 0) is 12.1 Å². The fourth-order valence-corrected chi connectivity index (χ4v) is 1.38. The lowest BCUT2D eigenvalue weighted by Gasteiger charge is -2.08. The second-order valence-electron chi connectivity index (χ2n) is 3.18. The first-order valence-corrected chi connectivity index (χ1v) is 5.15. The van der Waals surface area contributed by atoms with Gasteiger partial charge < -0.3 is 9.84 Å². The first-order valence-electron chi connectivity index (χ1n) is 4.78. The number of pyridine rings is 1. The van der Waals surface area contributed by atoms with Crippen molar-refractivity contribution in [3.05, 3.63) is 53.2 Å². The molecule has 0 fully saturated rings. The van der Waals surface area contributed by atoms with E-state index in [0.29, 0.717) is 16.7 Å². The molecule has 0 spiro atoms. The normalized spacial score (nSPS) is 10.1. The average Bonchev–Trinajstić information content (AvgIpc) is 2.33. The van der Waals surface area contributed by atoms with Gasteiger partial charge in [0.05, 0.1) is 11.6 Å². The van der Waals surface area contributed by atoms with Gasteiger partial charge in [0.15, 0.2) is 0 Å². The summed E-state index contributed by atoms with van der Waals surface area (Å²) in [6.07, 6.45) is 1.51. The third-order valence-corrected chi connectivity index (χ3v) is 2.28. The highest BCUT2D eigenvalue weighted by Gasteiger charge is 2.03. The summed E-state index contributed by atoms with van der Waals surface area (Å²) < 4.78 is 5.53. The minimum atomic E-state index is -0.0657. The van der Waals surface area contributed by atoms with E-state index in [0.717, 1.165) is 5.56 Å². The quantitative estimate of drug-likeness (QED) is 0.889. The molecule has 1 aromatic carbocycles. The molecular weight excluding hydrogens is 226 g/mol. The van der Waals surface area contributed by atoms with Crippen molar-refractivity contribution in [3.63, 3.8) is 0 Å². The van der Waals surface area contributed by atoms with Crippen molar-refractivity contribution in [2.24, 2.45) is 0 Å². The van der Waals surface area contributed by atoms with Crippen molar-refractivity contribution in [2.45, 2.75) is 6.61 Å². The molecule has 4 heteroatoms. The van der Waals surface area contributed by atoms with Gasteiger partial charge in [-0.25, -0.2) is 4.98 Å². The van der Waals surface area contributed by atoms with Crippen LogP contribution in [0.4, 0.5) is 0 Å². The molecular formula is C12H10ClNO2. The topological polar surface area (TPSA) is 42.4 Å². The summed E-state index contributed by atoms with van der Waals surface area (Å²) in [5.74, 6) is 1.05. The standard InChI is InChI=1S/C12H10ClNO2/c13-10-5-6-12(14-7-10)16-11-4-2-1-3-9(11)8-15/h1-7,15H,8H2. The zero-order chi connectivity index (χ0) is 11.4. The summed E-state index contributed by atoms with van der Waals surface area (Å²) in [5, 5.41) is 9.68. The summed E-state index contributed by atoms with van der Waals surface area (Å²) in [6, 6.07) is 10.6. The molecule has 0 saturated carbocycles. The Morgan fingerprint density at radius 1 is 1.19 bits per heavy atom. The Hall–Kier alpha value is -1.58. The van der Waals surface area contributed by atoms with Crippen LogP contribution in [0.2, 0.25) is 5.02 Å². The lowest BCUT2D eigenvalue weighted by atomic mass is 10.2. The van der Waals surface area contributed by atoms with Gasteiger partial charge in [-0.15, -0.1) is 0 Å². The van der Waals surface area contributed by atoms with Crippen LogP contribution in [-0.4, -0.2) is 10.1 Å². The molecule has 0 radical (unpaired) electrons. The molecule has 0 aliphatic carbocycles. The smallest absolute Gasteiger partial charge is 0.219 e. The molecule has 0 atom stereocenters. The van der Waals surface area contributed by atoms with Crippen LogP contribution in [0.25, 0.3) is 0 Å². The van der Waals surface area contributed by atoms with Gasteiger partial charge in [0.1, 0.15) is 5.75 Å². The zero-order valence-corrected chi connectivity index (χ0v) is 9.19. The predicted octanol–water partition coefficient (Wildman–Crippen LogP) is 3.02. The van der Waals surface area contributed by atoms with E-state index in [2.05, 4.69) is 4.98 Å². The minimum Gasteiger partial charge on any atom is -0.439 e. The molecule has 2 rings (SSSR count). The predicted molar refractivity (Wildman–Crippen MR) is 61.7 cm³/mol. The van der Waals surface area contributed by atoms with Crippen LogP contribution >= 0.6 is 11.6 Å². The number of benzene rings is 1. The zero-order valence-electron chi connectivity index (χ0n) is 8.43. The number of aliphatic hydroxyl groups is 1. The number of hydrogen-bond donors (Lipinski definition) is 1. The van der Waals surface area contributed by atoms with Crippen molar-refractivity contribution in [1.29, 1.82) is 0 Å². The number of aliphatic hydroxyl groups excluding tert-OH is 1.